The third-order valence-corrected chi connectivity index (χ3v) is 6.90. The molecule has 0 radical (unpaired) electrons. The molecule has 2 aliphatic rings. The molecule has 0 bridgehead atoms. The van der Waals surface area contributed by atoms with E-state index in [1.165, 1.54) is 42.4 Å². The molecule has 1 aromatic carbocycles. The molecule has 2 atom stereocenters. The average Bonchev–Trinajstić information content (AvgIpc) is 3.16. The molecule has 2 aliphatic heterocycles. The van der Waals surface area contributed by atoms with Crippen molar-refractivity contribution < 1.29 is 14.3 Å². The molecule has 1 aromatic rings. The number of benzene rings is 1. The van der Waals surface area contributed by atoms with Crippen molar-refractivity contribution in [1.29, 1.82) is 0 Å². The van der Waals surface area contributed by atoms with Crippen LogP contribution in [0, 0.1) is 11.8 Å². The highest BCUT2D eigenvalue weighted by Gasteiger charge is 2.27. The van der Waals surface area contributed by atoms with Crippen LogP contribution in [0.25, 0.3) is 0 Å². The van der Waals surface area contributed by atoms with E-state index in [0.29, 0.717) is 11.8 Å². The predicted molar refractivity (Wildman–Crippen MR) is 115 cm³/mol. The molecule has 0 spiro atoms. The van der Waals surface area contributed by atoms with Crippen LogP contribution in [0.3, 0.4) is 0 Å². The van der Waals surface area contributed by atoms with Crippen molar-refractivity contribution in [3.63, 3.8) is 0 Å². The van der Waals surface area contributed by atoms with E-state index in [-0.39, 0.29) is 12.5 Å². The summed E-state index contributed by atoms with van der Waals surface area (Å²) in [6, 6.07) is 6.24. The van der Waals surface area contributed by atoms with Gasteiger partial charge in [0.25, 0.3) is 0 Å². The van der Waals surface area contributed by atoms with Crippen LogP contribution in [0.4, 0.5) is 0 Å². The molecule has 0 saturated carbocycles. The summed E-state index contributed by atoms with van der Waals surface area (Å²) in [4.78, 5) is 16.7. The number of carbonyl (C=O) groups excluding carboxylic acids is 1. The van der Waals surface area contributed by atoms with Crippen molar-refractivity contribution in [1.82, 2.24) is 9.80 Å². The largest absolute Gasteiger partial charge is 0.497 e. The lowest BCUT2D eigenvalue weighted by Crippen LogP contribution is -2.42. The zero-order chi connectivity index (χ0) is 19.9. The van der Waals surface area contributed by atoms with E-state index in [9.17, 15) is 4.79 Å². The Labute approximate surface area is 177 Å². The Kier molecular flexibility index (Phi) is 8.18. The zero-order valence-electron chi connectivity index (χ0n) is 17.2. The highest BCUT2D eigenvalue weighted by molar-refractivity contribution is 9.10. The predicted octanol–water partition coefficient (Wildman–Crippen LogP) is 3.60. The Morgan fingerprint density at radius 2 is 2.04 bits per heavy atom. The fourth-order valence-electron chi connectivity index (χ4n) is 4.54. The lowest BCUT2D eigenvalue weighted by atomic mass is 9.94. The van der Waals surface area contributed by atoms with Crippen LogP contribution in [-0.4, -0.2) is 69.3 Å². The summed E-state index contributed by atoms with van der Waals surface area (Å²) in [6.45, 7) is 5.50. The van der Waals surface area contributed by atoms with Gasteiger partial charge in [-0.1, -0.05) is 15.9 Å². The van der Waals surface area contributed by atoms with Crippen LogP contribution in [0.2, 0.25) is 0 Å². The summed E-state index contributed by atoms with van der Waals surface area (Å²) in [7, 11) is 3.31. The SMILES string of the molecule is COCC(=O)N1CCCC(CCN2CCC(Cc3cc(OC)ccc3Br)C2)C1. The maximum atomic E-state index is 12.1. The molecule has 156 valence electrons. The van der Waals surface area contributed by atoms with Crippen LogP contribution < -0.4 is 4.74 Å². The smallest absolute Gasteiger partial charge is 0.248 e. The number of methoxy groups -OCH3 is 2. The molecule has 2 saturated heterocycles. The lowest BCUT2D eigenvalue weighted by molar-refractivity contribution is -0.137. The van der Waals surface area contributed by atoms with Gasteiger partial charge in [-0.25, -0.2) is 0 Å². The van der Waals surface area contributed by atoms with Crippen molar-refractivity contribution in [2.45, 2.75) is 32.1 Å². The Bertz CT molecular complexity index is 655. The number of halogens is 1. The van der Waals surface area contributed by atoms with Crippen LogP contribution in [-0.2, 0) is 16.0 Å². The summed E-state index contributed by atoms with van der Waals surface area (Å²) in [5.74, 6) is 2.39. The molecule has 3 rings (SSSR count). The summed E-state index contributed by atoms with van der Waals surface area (Å²) in [5, 5.41) is 0. The van der Waals surface area contributed by atoms with Gasteiger partial charge in [-0.05, 0) is 80.8 Å². The molecule has 28 heavy (non-hydrogen) atoms. The second kappa shape index (κ2) is 10.6. The minimum absolute atomic E-state index is 0.136. The van der Waals surface area contributed by atoms with E-state index in [4.69, 9.17) is 9.47 Å². The molecule has 0 N–H and O–H groups in total. The first kappa shape index (κ1) is 21.6. The summed E-state index contributed by atoms with van der Waals surface area (Å²) in [5.41, 5.74) is 1.34. The van der Waals surface area contributed by atoms with E-state index in [1.54, 1.807) is 14.2 Å². The standard InChI is InChI=1S/C22H33BrN2O3/c1-27-16-22(26)25-9-3-4-17(15-25)7-10-24-11-8-18(14-24)12-19-13-20(28-2)5-6-21(19)23/h5-6,13,17-18H,3-4,7-12,14-16H2,1-2H3. The van der Waals surface area contributed by atoms with E-state index < -0.39 is 0 Å². The molecule has 1 amide bonds. The van der Waals surface area contributed by atoms with Gasteiger partial charge in [-0.3, -0.25) is 4.79 Å². The van der Waals surface area contributed by atoms with Crippen LogP contribution in [0.15, 0.2) is 22.7 Å². The Balaban J connectivity index is 1.43. The quantitative estimate of drug-likeness (QED) is 0.604. The van der Waals surface area contributed by atoms with E-state index >= 15 is 0 Å². The molecular formula is C22H33BrN2O3. The van der Waals surface area contributed by atoms with Gasteiger partial charge < -0.3 is 19.3 Å². The van der Waals surface area contributed by atoms with Crippen molar-refractivity contribution in [2.75, 3.05) is 53.6 Å². The van der Waals surface area contributed by atoms with Gasteiger partial charge in [-0.15, -0.1) is 0 Å². The molecule has 0 aliphatic carbocycles. The third kappa shape index (κ3) is 5.94. The van der Waals surface area contributed by atoms with Crippen LogP contribution in [0.5, 0.6) is 5.75 Å². The summed E-state index contributed by atoms with van der Waals surface area (Å²) < 4.78 is 11.6. The maximum absolute atomic E-state index is 12.1. The van der Waals surface area contributed by atoms with Gasteiger partial charge in [0, 0.05) is 31.2 Å². The van der Waals surface area contributed by atoms with Gasteiger partial charge in [-0.2, -0.15) is 0 Å². The molecule has 5 nitrogen and oxygen atoms in total. The number of amides is 1. The average molecular weight is 453 g/mol. The van der Waals surface area contributed by atoms with Gasteiger partial charge >= 0.3 is 0 Å². The van der Waals surface area contributed by atoms with Gasteiger partial charge in [0.05, 0.1) is 7.11 Å². The number of likely N-dealkylation sites (tertiary alicyclic amines) is 2. The van der Waals surface area contributed by atoms with Gasteiger partial charge in [0.2, 0.25) is 5.91 Å². The second-order valence-corrected chi connectivity index (χ2v) is 9.04. The summed E-state index contributed by atoms with van der Waals surface area (Å²) in [6.07, 6.45) is 5.90. The number of carbonyl (C=O) groups is 1. The number of piperidine rings is 1. The first-order valence-corrected chi connectivity index (χ1v) is 11.2. The Hall–Kier alpha value is -1.11. The number of ether oxygens (including phenoxy) is 2. The first-order valence-electron chi connectivity index (χ1n) is 10.4. The Morgan fingerprint density at radius 1 is 1.18 bits per heavy atom. The molecule has 2 unspecified atom stereocenters. The van der Waals surface area contributed by atoms with Crippen molar-refractivity contribution in [3.8, 4) is 5.75 Å². The normalized spacial score (nSPS) is 23.2. The minimum Gasteiger partial charge on any atom is -0.497 e. The van der Waals surface area contributed by atoms with Crippen molar-refractivity contribution >= 4 is 21.8 Å². The topological polar surface area (TPSA) is 42.0 Å². The minimum atomic E-state index is 0.136. The molecule has 0 aromatic heterocycles. The van der Waals surface area contributed by atoms with Gasteiger partial charge in [0.1, 0.15) is 12.4 Å². The van der Waals surface area contributed by atoms with Crippen molar-refractivity contribution in [2.24, 2.45) is 11.8 Å². The third-order valence-electron chi connectivity index (χ3n) is 6.12. The van der Waals surface area contributed by atoms with Crippen LogP contribution >= 0.6 is 15.9 Å². The number of hydrogen-bond donors (Lipinski definition) is 0. The number of rotatable bonds is 8. The molecular weight excluding hydrogens is 420 g/mol. The van der Waals surface area contributed by atoms with Gasteiger partial charge in [0.15, 0.2) is 0 Å². The number of nitrogens with zero attached hydrogens (tertiary/aromatic N) is 2. The fraction of sp³-hybridized carbons (Fsp3) is 0.682. The molecule has 2 fully saturated rings. The fourth-order valence-corrected chi connectivity index (χ4v) is 4.94. The maximum Gasteiger partial charge on any atom is 0.248 e. The highest BCUT2D eigenvalue weighted by Crippen LogP contribution is 2.29. The number of hydrogen-bond acceptors (Lipinski definition) is 4. The Morgan fingerprint density at radius 3 is 2.82 bits per heavy atom. The van der Waals surface area contributed by atoms with Crippen molar-refractivity contribution in [3.05, 3.63) is 28.2 Å². The first-order chi connectivity index (χ1) is 13.6. The molecule has 6 heteroatoms. The second-order valence-electron chi connectivity index (χ2n) is 8.19. The lowest BCUT2D eigenvalue weighted by Gasteiger charge is -2.33. The van der Waals surface area contributed by atoms with E-state index in [0.717, 1.165) is 38.2 Å². The highest BCUT2D eigenvalue weighted by atomic mass is 79.9. The van der Waals surface area contributed by atoms with E-state index in [2.05, 4.69) is 33.0 Å². The van der Waals surface area contributed by atoms with E-state index in [1.807, 2.05) is 11.0 Å². The summed E-state index contributed by atoms with van der Waals surface area (Å²) >= 11 is 3.68. The van der Waals surface area contributed by atoms with Crippen LogP contribution in [0.1, 0.15) is 31.2 Å². The zero-order valence-corrected chi connectivity index (χ0v) is 18.7. The monoisotopic (exact) mass is 452 g/mol. The molecule has 2 heterocycles.